The van der Waals surface area contributed by atoms with Crippen LogP contribution in [0.1, 0.15) is 0 Å². The third kappa shape index (κ3) is 2.76. The molecule has 1 aliphatic heterocycles. The average Bonchev–Trinajstić information content (AvgIpc) is 2.38. The highest BCUT2D eigenvalue weighted by atomic mass is 79.9. The second kappa shape index (κ2) is 5.46. The molecule has 1 aromatic heterocycles. The van der Waals surface area contributed by atoms with Gasteiger partial charge in [-0.3, -0.25) is 4.79 Å². The first-order chi connectivity index (χ1) is 8.22. The molecular formula is C11H14BrN3O2. The molecule has 1 aromatic rings. The van der Waals surface area contributed by atoms with E-state index in [1.165, 1.54) is 0 Å². The Morgan fingerprint density at radius 1 is 1.65 bits per heavy atom. The van der Waals surface area contributed by atoms with E-state index in [2.05, 4.69) is 26.2 Å². The molecule has 1 unspecified atom stereocenters. The molecule has 1 saturated heterocycles. The number of carbonyl (C=O) groups excluding carboxylic acids is 1. The molecule has 1 amide bonds. The molecule has 0 bridgehead atoms. The van der Waals surface area contributed by atoms with Crippen molar-refractivity contribution in [1.82, 2.24) is 10.3 Å². The van der Waals surface area contributed by atoms with Gasteiger partial charge in [-0.2, -0.15) is 0 Å². The predicted molar refractivity (Wildman–Crippen MR) is 68.0 cm³/mol. The third-order valence-corrected chi connectivity index (χ3v) is 3.11. The SMILES string of the molecule is CNC(=O)C1COCCN1c1cccc(Br)n1. The Hall–Kier alpha value is -1.14. The van der Waals surface area contributed by atoms with Crippen molar-refractivity contribution in [2.45, 2.75) is 6.04 Å². The smallest absolute Gasteiger partial charge is 0.244 e. The first-order valence-corrected chi connectivity index (χ1v) is 6.20. The van der Waals surface area contributed by atoms with Crippen molar-refractivity contribution in [2.75, 3.05) is 31.7 Å². The van der Waals surface area contributed by atoms with Gasteiger partial charge < -0.3 is 15.0 Å². The normalized spacial score (nSPS) is 20.1. The van der Waals surface area contributed by atoms with E-state index in [9.17, 15) is 4.79 Å². The van der Waals surface area contributed by atoms with Crippen LogP contribution in [0.5, 0.6) is 0 Å². The van der Waals surface area contributed by atoms with Gasteiger partial charge in [0.05, 0.1) is 13.2 Å². The predicted octanol–water partition coefficient (Wildman–Crippen LogP) is 0.795. The number of amides is 1. The van der Waals surface area contributed by atoms with Gasteiger partial charge in [-0.1, -0.05) is 6.07 Å². The number of nitrogens with one attached hydrogen (secondary N) is 1. The number of likely N-dealkylation sites (N-methyl/N-ethyl adjacent to an activating group) is 1. The van der Waals surface area contributed by atoms with Crippen LogP contribution in [0.2, 0.25) is 0 Å². The first kappa shape index (κ1) is 12.3. The van der Waals surface area contributed by atoms with Crippen LogP contribution in [0, 0.1) is 0 Å². The fourth-order valence-electron chi connectivity index (χ4n) is 1.82. The van der Waals surface area contributed by atoms with Gasteiger partial charge in [0, 0.05) is 13.6 Å². The highest BCUT2D eigenvalue weighted by Gasteiger charge is 2.29. The monoisotopic (exact) mass is 299 g/mol. The maximum atomic E-state index is 11.8. The Morgan fingerprint density at radius 2 is 2.47 bits per heavy atom. The molecular weight excluding hydrogens is 286 g/mol. The maximum absolute atomic E-state index is 11.8. The second-order valence-corrected chi connectivity index (χ2v) is 4.53. The van der Waals surface area contributed by atoms with Crippen molar-refractivity contribution in [2.24, 2.45) is 0 Å². The van der Waals surface area contributed by atoms with E-state index in [4.69, 9.17) is 4.74 Å². The molecule has 17 heavy (non-hydrogen) atoms. The Balaban J connectivity index is 2.24. The van der Waals surface area contributed by atoms with E-state index in [1.807, 2.05) is 23.1 Å². The van der Waals surface area contributed by atoms with Crippen molar-refractivity contribution >= 4 is 27.7 Å². The molecule has 1 aliphatic rings. The average molecular weight is 300 g/mol. The van der Waals surface area contributed by atoms with E-state index in [0.717, 1.165) is 10.4 Å². The summed E-state index contributed by atoms with van der Waals surface area (Å²) in [7, 11) is 1.63. The molecule has 0 spiro atoms. The molecule has 5 nitrogen and oxygen atoms in total. The fraction of sp³-hybridized carbons (Fsp3) is 0.455. The van der Waals surface area contributed by atoms with E-state index in [0.29, 0.717) is 19.8 Å². The second-order valence-electron chi connectivity index (χ2n) is 3.72. The van der Waals surface area contributed by atoms with E-state index >= 15 is 0 Å². The van der Waals surface area contributed by atoms with E-state index in [1.54, 1.807) is 7.05 Å². The summed E-state index contributed by atoms with van der Waals surface area (Å²) in [5, 5.41) is 2.65. The number of morpholine rings is 1. The summed E-state index contributed by atoms with van der Waals surface area (Å²) < 4.78 is 6.11. The Bertz CT molecular complexity index is 413. The molecule has 1 atom stereocenters. The molecule has 92 valence electrons. The molecule has 0 aromatic carbocycles. The number of halogens is 1. The standard InChI is InChI=1S/C11H14BrN3O2/c1-13-11(16)8-7-17-6-5-15(8)10-4-2-3-9(12)14-10/h2-4,8H,5-7H2,1H3,(H,13,16). The van der Waals surface area contributed by atoms with Crippen molar-refractivity contribution in [3.8, 4) is 0 Å². The van der Waals surface area contributed by atoms with Gasteiger partial charge in [0.15, 0.2) is 0 Å². The van der Waals surface area contributed by atoms with Crippen LogP contribution in [-0.2, 0) is 9.53 Å². The zero-order chi connectivity index (χ0) is 12.3. The van der Waals surface area contributed by atoms with Crippen LogP contribution < -0.4 is 10.2 Å². The lowest BCUT2D eigenvalue weighted by Crippen LogP contribution is -2.53. The van der Waals surface area contributed by atoms with E-state index < -0.39 is 0 Å². The minimum Gasteiger partial charge on any atom is -0.377 e. The third-order valence-electron chi connectivity index (χ3n) is 2.67. The van der Waals surface area contributed by atoms with Crippen LogP contribution in [-0.4, -0.2) is 43.7 Å². The molecule has 0 saturated carbocycles. The van der Waals surface area contributed by atoms with Crippen LogP contribution in [0.15, 0.2) is 22.8 Å². The number of ether oxygens (including phenoxy) is 1. The van der Waals surface area contributed by atoms with Gasteiger partial charge in [0.1, 0.15) is 16.5 Å². The van der Waals surface area contributed by atoms with Crippen molar-refractivity contribution < 1.29 is 9.53 Å². The molecule has 2 heterocycles. The number of nitrogens with zero attached hydrogens (tertiary/aromatic N) is 2. The van der Waals surface area contributed by atoms with Gasteiger partial charge in [0.25, 0.3) is 0 Å². The number of hydrogen-bond acceptors (Lipinski definition) is 4. The molecule has 0 radical (unpaired) electrons. The topological polar surface area (TPSA) is 54.5 Å². The summed E-state index contributed by atoms with van der Waals surface area (Å²) >= 11 is 3.33. The molecule has 2 rings (SSSR count). The Labute approximate surface area is 108 Å². The minimum atomic E-state index is -0.310. The van der Waals surface area contributed by atoms with Gasteiger partial charge in [-0.15, -0.1) is 0 Å². The zero-order valence-electron chi connectivity index (χ0n) is 9.52. The Morgan fingerprint density at radius 3 is 3.18 bits per heavy atom. The van der Waals surface area contributed by atoms with Gasteiger partial charge in [0.2, 0.25) is 5.91 Å². The molecule has 1 fully saturated rings. The lowest BCUT2D eigenvalue weighted by molar-refractivity contribution is -0.124. The zero-order valence-corrected chi connectivity index (χ0v) is 11.1. The van der Waals surface area contributed by atoms with Crippen molar-refractivity contribution in [3.63, 3.8) is 0 Å². The first-order valence-electron chi connectivity index (χ1n) is 5.41. The maximum Gasteiger partial charge on any atom is 0.244 e. The van der Waals surface area contributed by atoms with E-state index in [-0.39, 0.29) is 11.9 Å². The number of rotatable bonds is 2. The Kier molecular flexibility index (Phi) is 3.96. The number of aromatic nitrogens is 1. The lowest BCUT2D eigenvalue weighted by atomic mass is 10.2. The lowest BCUT2D eigenvalue weighted by Gasteiger charge is -2.35. The summed E-state index contributed by atoms with van der Waals surface area (Å²) in [6.07, 6.45) is 0. The number of pyridine rings is 1. The highest BCUT2D eigenvalue weighted by Crippen LogP contribution is 2.19. The molecule has 6 heteroatoms. The summed E-state index contributed by atoms with van der Waals surface area (Å²) in [6, 6.07) is 5.35. The van der Waals surface area contributed by atoms with Gasteiger partial charge in [-0.25, -0.2) is 4.98 Å². The number of hydrogen-bond donors (Lipinski definition) is 1. The van der Waals surface area contributed by atoms with Crippen LogP contribution >= 0.6 is 15.9 Å². The molecule has 0 aliphatic carbocycles. The van der Waals surface area contributed by atoms with Gasteiger partial charge in [-0.05, 0) is 28.1 Å². The molecule has 1 N–H and O–H groups in total. The number of anilines is 1. The minimum absolute atomic E-state index is 0.0496. The summed E-state index contributed by atoms with van der Waals surface area (Å²) in [5.41, 5.74) is 0. The summed E-state index contributed by atoms with van der Waals surface area (Å²) in [5.74, 6) is 0.739. The van der Waals surface area contributed by atoms with Crippen LogP contribution in [0.3, 0.4) is 0 Å². The summed E-state index contributed by atoms with van der Waals surface area (Å²) in [4.78, 5) is 18.1. The fourth-order valence-corrected chi connectivity index (χ4v) is 2.15. The van der Waals surface area contributed by atoms with Gasteiger partial charge >= 0.3 is 0 Å². The van der Waals surface area contributed by atoms with Crippen molar-refractivity contribution in [1.29, 1.82) is 0 Å². The quantitative estimate of drug-likeness (QED) is 0.821. The van der Waals surface area contributed by atoms with Crippen molar-refractivity contribution in [3.05, 3.63) is 22.8 Å². The highest BCUT2D eigenvalue weighted by molar-refractivity contribution is 9.10. The van der Waals surface area contributed by atoms with Crippen LogP contribution in [0.25, 0.3) is 0 Å². The number of carbonyl (C=O) groups is 1. The summed E-state index contributed by atoms with van der Waals surface area (Å²) in [6.45, 7) is 1.68. The largest absolute Gasteiger partial charge is 0.377 e. The van der Waals surface area contributed by atoms with Crippen LogP contribution in [0.4, 0.5) is 5.82 Å².